The van der Waals surface area contributed by atoms with Crippen molar-refractivity contribution in [1.82, 2.24) is 10.6 Å². The molecule has 6 aromatic carbocycles. The number of benzene rings is 6. The van der Waals surface area contributed by atoms with Crippen LogP contribution in [-0.4, -0.2) is 54.4 Å². The molecule has 292 valence electrons. The average Bonchev–Trinajstić information content (AvgIpc) is 3.59. The third-order valence-electron chi connectivity index (χ3n) is 10.3. The van der Waals surface area contributed by atoms with Crippen LogP contribution in [0.1, 0.15) is 39.3 Å². The molecule has 1 aliphatic rings. The quantitative estimate of drug-likeness (QED) is 0.0458. The first kappa shape index (κ1) is 39.5. The molecule has 0 aromatic heterocycles. The van der Waals surface area contributed by atoms with E-state index >= 15 is 0 Å². The fraction of sp³-hybridized carbons (Fsp3) is 0.170. The van der Waals surface area contributed by atoms with E-state index in [1.54, 1.807) is 0 Å². The summed E-state index contributed by atoms with van der Waals surface area (Å²) in [6.45, 7) is 0.0360. The van der Waals surface area contributed by atoms with E-state index in [0.29, 0.717) is 5.56 Å². The van der Waals surface area contributed by atoms with Gasteiger partial charge in [-0.05, 0) is 44.5 Å². The highest BCUT2D eigenvalue weighted by Gasteiger charge is 2.39. The van der Waals surface area contributed by atoms with Crippen LogP contribution in [0.2, 0.25) is 0 Å². The lowest BCUT2D eigenvalue weighted by Crippen LogP contribution is -2.54. The molecule has 2 amide bonds. The van der Waals surface area contributed by atoms with E-state index in [1.807, 2.05) is 127 Å². The van der Waals surface area contributed by atoms with Crippen LogP contribution in [0, 0.1) is 10.1 Å². The highest BCUT2D eigenvalue weighted by Crippen LogP contribution is 2.49. The Kier molecular flexibility index (Phi) is 12.3. The first-order valence-electron chi connectivity index (χ1n) is 18.8. The molecule has 10 nitrogen and oxygen atoms in total. The van der Waals surface area contributed by atoms with Gasteiger partial charge in [0.05, 0.1) is 16.8 Å². The van der Waals surface area contributed by atoms with Crippen LogP contribution in [0.25, 0.3) is 11.1 Å². The number of amides is 2. The van der Waals surface area contributed by atoms with E-state index in [-0.39, 0.29) is 30.4 Å². The number of hydrogen-bond donors (Lipinski definition) is 2. The summed E-state index contributed by atoms with van der Waals surface area (Å²) in [5.74, 6) is -1.50. The van der Waals surface area contributed by atoms with Gasteiger partial charge in [-0.2, -0.15) is 0 Å². The van der Waals surface area contributed by atoms with Crippen molar-refractivity contribution in [2.45, 2.75) is 29.2 Å². The Bertz CT molecular complexity index is 2240. The van der Waals surface area contributed by atoms with Crippen molar-refractivity contribution in [1.29, 1.82) is 0 Å². The Morgan fingerprint density at radius 2 is 1.16 bits per heavy atom. The van der Waals surface area contributed by atoms with Gasteiger partial charge < -0.3 is 20.1 Å². The molecule has 0 radical (unpaired) electrons. The summed E-state index contributed by atoms with van der Waals surface area (Å²) in [5.41, 5.74) is 7.61. The molecular formula is C47H41N3O7S. The number of nitrogens with zero attached hydrogens (tertiary/aromatic N) is 1. The normalized spacial score (nSPS) is 13.0. The van der Waals surface area contributed by atoms with Gasteiger partial charge in [-0.25, -0.2) is 9.59 Å². The summed E-state index contributed by atoms with van der Waals surface area (Å²) < 4.78 is 10.2. The number of ether oxygens (including phenoxy) is 2. The second kappa shape index (κ2) is 18.0. The maximum atomic E-state index is 14.5. The van der Waals surface area contributed by atoms with Crippen molar-refractivity contribution >= 4 is 35.4 Å². The van der Waals surface area contributed by atoms with Crippen molar-refractivity contribution < 1.29 is 28.8 Å². The van der Waals surface area contributed by atoms with Gasteiger partial charge in [-0.15, -0.1) is 11.8 Å². The first-order valence-corrected chi connectivity index (χ1v) is 19.8. The monoisotopic (exact) mass is 791 g/mol. The molecule has 0 spiro atoms. The van der Waals surface area contributed by atoms with Gasteiger partial charge in [0.25, 0.3) is 5.69 Å². The molecule has 1 aliphatic carbocycles. The average molecular weight is 792 g/mol. The minimum absolute atomic E-state index is 0.0107. The number of thioether (sulfide) groups is 1. The number of non-ortho nitro benzene ring substituents is 1. The molecule has 0 saturated carbocycles. The number of carbonyl (C=O) groups is 3. The van der Waals surface area contributed by atoms with E-state index in [0.717, 1.165) is 38.9 Å². The van der Waals surface area contributed by atoms with Gasteiger partial charge in [-0.1, -0.05) is 152 Å². The molecule has 11 heteroatoms. The maximum Gasteiger partial charge on any atom is 0.407 e. The molecular weight excluding hydrogens is 751 g/mol. The number of nitrogens with one attached hydrogen (secondary N) is 2. The van der Waals surface area contributed by atoms with Crippen LogP contribution in [-0.2, 0) is 30.2 Å². The number of fused-ring (bicyclic) bond motifs is 3. The number of alkyl carbamates (subject to hydrolysis) is 1. The summed E-state index contributed by atoms with van der Waals surface area (Å²) in [6, 6.07) is 49.3. The fourth-order valence-electron chi connectivity index (χ4n) is 7.54. The van der Waals surface area contributed by atoms with Gasteiger partial charge in [-0.3, -0.25) is 14.9 Å². The van der Waals surface area contributed by atoms with Gasteiger partial charge >= 0.3 is 12.1 Å². The van der Waals surface area contributed by atoms with Crippen molar-refractivity contribution in [2.24, 2.45) is 0 Å². The molecule has 0 bridgehead atoms. The number of nitro groups is 1. The molecule has 6 aromatic rings. The standard InChI is InChI=1S/C47H41N3O7S/c1-56-45(52)42(29-32-25-27-36(28-26-32)50(54)55)48-44(51)43(49-46(53)57-30-41-39-23-13-11-21-37(39)38-22-12-14-24-40(38)41)31-58-47(33-15-5-2-6-16-33,34-17-7-3-8-18-34)35-19-9-4-10-20-35/h2-28,41-43H,29-31H2,1H3,(H,48,51)(H,49,53)/t42-,43-/m0/s1. The molecule has 0 fully saturated rings. The molecule has 2 atom stereocenters. The summed E-state index contributed by atoms with van der Waals surface area (Å²) in [7, 11) is 1.22. The summed E-state index contributed by atoms with van der Waals surface area (Å²) in [4.78, 5) is 52.2. The minimum atomic E-state index is -1.19. The van der Waals surface area contributed by atoms with E-state index in [4.69, 9.17) is 9.47 Å². The van der Waals surface area contributed by atoms with Gasteiger partial charge in [0.1, 0.15) is 18.7 Å². The molecule has 2 N–H and O–H groups in total. The number of rotatable bonds is 15. The lowest BCUT2D eigenvalue weighted by molar-refractivity contribution is -0.384. The zero-order valence-corrected chi connectivity index (χ0v) is 32.5. The smallest absolute Gasteiger partial charge is 0.407 e. The lowest BCUT2D eigenvalue weighted by atomic mass is 9.84. The Morgan fingerprint density at radius 1 is 0.672 bits per heavy atom. The molecule has 0 saturated heterocycles. The third kappa shape index (κ3) is 8.50. The van der Waals surface area contributed by atoms with Gasteiger partial charge in [0.2, 0.25) is 5.91 Å². The van der Waals surface area contributed by atoms with E-state index in [2.05, 4.69) is 22.8 Å². The van der Waals surface area contributed by atoms with Crippen molar-refractivity contribution in [3.63, 3.8) is 0 Å². The third-order valence-corrected chi connectivity index (χ3v) is 12.0. The second-order valence-electron chi connectivity index (χ2n) is 13.8. The summed E-state index contributed by atoms with van der Waals surface area (Å²) >= 11 is 1.47. The van der Waals surface area contributed by atoms with Crippen LogP contribution in [0.15, 0.2) is 164 Å². The molecule has 58 heavy (non-hydrogen) atoms. The van der Waals surface area contributed by atoms with Crippen LogP contribution in [0.4, 0.5) is 10.5 Å². The largest absolute Gasteiger partial charge is 0.467 e. The number of hydrogen-bond acceptors (Lipinski definition) is 8. The number of carbonyl (C=O) groups excluding carboxylic acids is 3. The van der Waals surface area contributed by atoms with Crippen molar-refractivity contribution in [3.8, 4) is 11.1 Å². The summed E-state index contributed by atoms with van der Waals surface area (Å²) in [5, 5.41) is 16.9. The summed E-state index contributed by atoms with van der Waals surface area (Å²) in [6.07, 6.45) is -0.805. The van der Waals surface area contributed by atoms with Crippen LogP contribution in [0.3, 0.4) is 0 Å². The zero-order valence-electron chi connectivity index (χ0n) is 31.7. The Morgan fingerprint density at radius 3 is 1.64 bits per heavy atom. The van der Waals surface area contributed by atoms with E-state index in [9.17, 15) is 24.5 Å². The fourth-order valence-corrected chi connectivity index (χ4v) is 9.10. The highest BCUT2D eigenvalue weighted by molar-refractivity contribution is 8.00. The van der Waals surface area contributed by atoms with Crippen LogP contribution >= 0.6 is 11.8 Å². The molecule has 0 unspecified atom stereocenters. The van der Waals surface area contributed by atoms with E-state index in [1.165, 1.54) is 43.1 Å². The number of esters is 1. The Balaban J connectivity index is 1.20. The minimum Gasteiger partial charge on any atom is -0.467 e. The lowest BCUT2D eigenvalue weighted by Gasteiger charge is -2.36. The Labute approximate surface area is 340 Å². The molecule has 7 rings (SSSR count). The SMILES string of the molecule is COC(=O)[C@H](Cc1ccc([N+](=O)[O-])cc1)NC(=O)[C@H](CSC(c1ccccc1)(c1ccccc1)c1ccccc1)NC(=O)OCC1c2ccccc2-c2ccccc21. The molecule has 0 heterocycles. The van der Waals surface area contributed by atoms with Crippen molar-refractivity contribution in [2.75, 3.05) is 19.5 Å². The Hall–Kier alpha value is -6.72. The predicted octanol–water partition coefficient (Wildman–Crippen LogP) is 8.43. The maximum absolute atomic E-state index is 14.5. The molecule has 0 aliphatic heterocycles. The second-order valence-corrected chi connectivity index (χ2v) is 15.1. The first-order chi connectivity index (χ1) is 28.3. The highest BCUT2D eigenvalue weighted by atomic mass is 32.2. The van der Waals surface area contributed by atoms with Gasteiger partial charge in [0.15, 0.2) is 0 Å². The van der Waals surface area contributed by atoms with E-state index < -0.39 is 39.7 Å². The van der Waals surface area contributed by atoms with Crippen molar-refractivity contribution in [3.05, 3.63) is 207 Å². The van der Waals surface area contributed by atoms with Crippen LogP contribution in [0.5, 0.6) is 0 Å². The van der Waals surface area contributed by atoms with Crippen LogP contribution < -0.4 is 10.6 Å². The topological polar surface area (TPSA) is 137 Å². The number of methoxy groups -OCH3 is 1. The number of nitro benzene ring substituents is 1. The zero-order chi connectivity index (χ0) is 40.5. The predicted molar refractivity (Wildman–Crippen MR) is 224 cm³/mol. The van der Waals surface area contributed by atoms with Gasteiger partial charge in [0, 0.05) is 30.2 Å².